The van der Waals surface area contributed by atoms with E-state index >= 15 is 0 Å². The maximum Gasteiger partial charge on any atom is 0.269 e. The number of nitrogens with zero attached hydrogens (tertiary/aromatic N) is 1. The quantitative estimate of drug-likeness (QED) is 0.384. The van der Waals surface area contributed by atoms with Crippen LogP contribution in [0.4, 0.5) is 0 Å². The van der Waals surface area contributed by atoms with Crippen LogP contribution in [0.25, 0.3) is 0 Å². The fourth-order valence-electron chi connectivity index (χ4n) is 3.61. The summed E-state index contributed by atoms with van der Waals surface area (Å²) < 4.78 is 5.87. The third-order valence-corrected chi connectivity index (χ3v) is 5.10. The molecule has 32 heavy (non-hydrogen) atoms. The van der Waals surface area contributed by atoms with Gasteiger partial charge in [0, 0.05) is 17.7 Å². The number of hydrogen-bond acceptors (Lipinski definition) is 4. The van der Waals surface area contributed by atoms with E-state index in [2.05, 4.69) is 48.7 Å². The molecule has 6 nitrogen and oxygen atoms in total. The highest BCUT2D eigenvalue weighted by Gasteiger charge is 2.28. The first-order valence-corrected chi connectivity index (χ1v) is 10.7. The summed E-state index contributed by atoms with van der Waals surface area (Å²) in [6.45, 7) is 7.04. The molecule has 7 heteroatoms. The minimum atomic E-state index is -0.300. The summed E-state index contributed by atoms with van der Waals surface area (Å²) in [5, 5.41) is 0.00947. The number of amides is 1. The zero-order valence-electron chi connectivity index (χ0n) is 18.5. The molecule has 3 aromatic rings. The summed E-state index contributed by atoms with van der Waals surface area (Å²) in [5.41, 5.74) is 13.9. The SMILES string of the molecule is CC(C)(C)C(c1ccc(OCc2ccccn2)cc1)c1ccc(C(=O)NNC(N)=S)cc1. The number of carbonyl (C=O) groups is 1. The van der Waals surface area contributed by atoms with Crippen LogP contribution in [0.1, 0.15) is 53.9 Å². The number of hydrogen-bond donors (Lipinski definition) is 3. The fourth-order valence-corrected chi connectivity index (χ4v) is 3.66. The lowest BCUT2D eigenvalue weighted by Gasteiger charge is -2.32. The molecule has 0 saturated carbocycles. The Morgan fingerprint density at radius 3 is 2.16 bits per heavy atom. The molecule has 4 N–H and O–H groups in total. The number of nitrogens with one attached hydrogen (secondary N) is 2. The lowest BCUT2D eigenvalue weighted by atomic mass is 9.72. The largest absolute Gasteiger partial charge is 0.487 e. The van der Waals surface area contributed by atoms with E-state index in [-0.39, 0.29) is 22.4 Å². The fraction of sp³-hybridized carbons (Fsp3) is 0.240. The van der Waals surface area contributed by atoms with Crippen LogP contribution in [-0.2, 0) is 6.61 Å². The topological polar surface area (TPSA) is 89.3 Å². The molecule has 0 aliphatic carbocycles. The summed E-state index contributed by atoms with van der Waals surface area (Å²) in [5.74, 6) is 0.634. The maximum absolute atomic E-state index is 12.2. The van der Waals surface area contributed by atoms with E-state index < -0.39 is 0 Å². The minimum Gasteiger partial charge on any atom is -0.487 e. The molecule has 0 aliphatic rings. The van der Waals surface area contributed by atoms with Gasteiger partial charge in [-0.3, -0.25) is 20.6 Å². The second kappa shape index (κ2) is 10.2. The van der Waals surface area contributed by atoms with Crippen molar-refractivity contribution >= 4 is 23.2 Å². The summed E-state index contributed by atoms with van der Waals surface area (Å²) >= 11 is 4.70. The van der Waals surface area contributed by atoms with Crippen molar-refractivity contribution in [2.45, 2.75) is 33.3 Å². The van der Waals surface area contributed by atoms with Gasteiger partial charge in [0.2, 0.25) is 0 Å². The molecule has 0 aliphatic heterocycles. The number of benzene rings is 2. The number of nitrogens with two attached hydrogens (primary N) is 1. The highest BCUT2D eigenvalue weighted by molar-refractivity contribution is 7.80. The Morgan fingerprint density at radius 1 is 1.00 bits per heavy atom. The average Bonchev–Trinajstić information content (AvgIpc) is 2.77. The second-order valence-corrected chi connectivity index (χ2v) is 8.98. The lowest BCUT2D eigenvalue weighted by molar-refractivity contribution is 0.0944. The number of pyridine rings is 1. The van der Waals surface area contributed by atoms with Crippen molar-refractivity contribution in [2.75, 3.05) is 0 Å². The van der Waals surface area contributed by atoms with Crippen molar-refractivity contribution in [3.8, 4) is 5.75 Å². The van der Waals surface area contributed by atoms with Gasteiger partial charge in [-0.15, -0.1) is 0 Å². The first-order valence-electron chi connectivity index (χ1n) is 10.3. The van der Waals surface area contributed by atoms with Crippen LogP contribution in [-0.4, -0.2) is 16.0 Å². The third-order valence-electron chi connectivity index (χ3n) is 5.00. The molecule has 1 atom stereocenters. The highest BCUT2D eigenvalue weighted by Crippen LogP contribution is 2.41. The molecule has 1 aromatic heterocycles. The van der Waals surface area contributed by atoms with E-state index in [9.17, 15) is 4.79 Å². The van der Waals surface area contributed by atoms with Crippen LogP contribution in [0.2, 0.25) is 0 Å². The van der Waals surface area contributed by atoms with Gasteiger partial charge < -0.3 is 10.5 Å². The molecule has 1 amide bonds. The Bertz CT molecular complexity index is 1050. The summed E-state index contributed by atoms with van der Waals surface area (Å²) in [6.07, 6.45) is 1.76. The van der Waals surface area contributed by atoms with Gasteiger partial charge in [0.05, 0.1) is 5.69 Å². The van der Waals surface area contributed by atoms with Crippen molar-refractivity contribution in [1.82, 2.24) is 15.8 Å². The van der Waals surface area contributed by atoms with Crippen LogP contribution >= 0.6 is 12.2 Å². The molecule has 1 heterocycles. The van der Waals surface area contributed by atoms with Crippen LogP contribution in [0.5, 0.6) is 5.75 Å². The number of aromatic nitrogens is 1. The highest BCUT2D eigenvalue weighted by atomic mass is 32.1. The Hall–Kier alpha value is -3.45. The van der Waals surface area contributed by atoms with E-state index in [0.29, 0.717) is 12.2 Å². The van der Waals surface area contributed by atoms with Gasteiger partial charge in [-0.05, 0) is 65.2 Å². The molecule has 0 saturated heterocycles. The van der Waals surface area contributed by atoms with Gasteiger partial charge in [-0.25, -0.2) is 0 Å². The second-order valence-electron chi connectivity index (χ2n) is 8.54. The first kappa shape index (κ1) is 23.2. The molecule has 0 radical (unpaired) electrons. The molecule has 0 fully saturated rings. The molecule has 2 aromatic carbocycles. The van der Waals surface area contributed by atoms with Crippen LogP contribution < -0.4 is 21.3 Å². The predicted octanol–water partition coefficient (Wildman–Crippen LogP) is 4.32. The van der Waals surface area contributed by atoms with E-state index in [0.717, 1.165) is 17.0 Å². The van der Waals surface area contributed by atoms with Gasteiger partial charge in [-0.2, -0.15) is 0 Å². The van der Waals surface area contributed by atoms with Crippen molar-refractivity contribution in [1.29, 1.82) is 0 Å². The van der Waals surface area contributed by atoms with Gasteiger partial charge in [0.25, 0.3) is 5.91 Å². The summed E-state index contributed by atoms with van der Waals surface area (Å²) in [6, 6.07) is 21.5. The van der Waals surface area contributed by atoms with Crippen molar-refractivity contribution < 1.29 is 9.53 Å². The normalized spacial score (nSPS) is 12.0. The maximum atomic E-state index is 12.2. The molecule has 0 bridgehead atoms. The van der Waals surface area contributed by atoms with E-state index in [4.69, 9.17) is 22.7 Å². The monoisotopic (exact) mass is 448 g/mol. The van der Waals surface area contributed by atoms with Crippen LogP contribution in [0.15, 0.2) is 72.9 Å². The van der Waals surface area contributed by atoms with Gasteiger partial charge in [0.1, 0.15) is 12.4 Å². The van der Waals surface area contributed by atoms with E-state index in [1.165, 1.54) is 5.56 Å². The number of hydrazine groups is 1. The Morgan fingerprint density at radius 2 is 1.62 bits per heavy atom. The summed E-state index contributed by atoms with van der Waals surface area (Å²) in [4.78, 5) is 16.5. The zero-order valence-corrected chi connectivity index (χ0v) is 19.3. The van der Waals surface area contributed by atoms with Crippen molar-refractivity contribution in [2.24, 2.45) is 11.1 Å². The van der Waals surface area contributed by atoms with Gasteiger partial charge >= 0.3 is 0 Å². The molecule has 0 spiro atoms. The molecule has 3 rings (SSSR count). The first-order chi connectivity index (χ1) is 15.2. The Kier molecular flexibility index (Phi) is 7.43. The number of thiocarbonyl (C=S) groups is 1. The number of rotatable bonds is 6. The predicted molar refractivity (Wildman–Crippen MR) is 130 cm³/mol. The lowest BCUT2D eigenvalue weighted by Crippen LogP contribution is -2.44. The van der Waals surface area contributed by atoms with E-state index in [1.807, 2.05) is 42.5 Å². The minimum absolute atomic E-state index is 0.00947. The molecular weight excluding hydrogens is 420 g/mol. The molecule has 1 unspecified atom stereocenters. The average molecular weight is 449 g/mol. The Labute approximate surface area is 194 Å². The van der Waals surface area contributed by atoms with Crippen molar-refractivity contribution in [3.63, 3.8) is 0 Å². The van der Waals surface area contributed by atoms with Gasteiger partial charge in [-0.1, -0.05) is 51.1 Å². The smallest absolute Gasteiger partial charge is 0.269 e. The number of carbonyl (C=O) groups excluding carboxylic acids is 1. The molecular formula is C25H28N4O2S. The van der Waals surface area contributed by atoms with E-state index in [1.54, 1.807) is 18.3 Å². The third kappa shape index (κ3) is 6.28. The van der Waals surface area contributed by atoms with Crippen LogP contribution in [0.3, 0.4) is 0 Å². The molecule has 166 valence electrons. The Balaban J connectivity index is 1.75. The number of ether oxygens (including phenoxy) is 1. The standard InChI is InChI=1S/C25H28N4O2S/c1-25(2,3)22(17-7-9-19(10-8-17)23(30)28-29-24(26)32)18-11-13-21(14-12-18)31-16-20-6-4-5-15-27-20/h4-15,22H,16H2,1-3H3,(H,28,30)(H3,26,29,32). The zero-order chi connectivity index (χ0) is 23.1. The van der Waals surface area contributed by atoms with Crippen molar-refractivity contribution in [3.05, 3.63) is 95.3 Å². The van der Waals surface area contributed by atoms with Crippen LogP contribution in [0, 0.1) is 5.41 Å². The van der Waals surface area contributed by atoms with Gasteiger partial charge in [0.15, 0.2) is 5.11 Å². The summed E-state index contributed by atoms with van der Waals surface area (Å²) in [7, 11) is 0.